The standard InChI is InChI=1S/C24H25N3O3/c1-15-6-4-8-19-20(16(2)30-23(15)19)14-27(3)22(29)11-10-17-12-18-7-5-9-21(28)26-24(18)25-13-17/h4,6,8,10-13H,5,7,9,14H2,1-3H3,(H,25,26,28)/b11-10+. The molecule has 6 heteroatoms. The largest absolute Gasteiger partial charge is 0.461 e. The van der Waals surface area contributed by atoms with Crippen molar-refractivity contribution in [1.29, 1.82) is 0 Å². The summed E-state index contributed by atoms with van der Waals surface area (Å²) in [7, 11) is 1.78. The van der Waals surface area contributed by atoms with E-state index in [1.165, 1.54) is 0 Å². The maximum atomic E-state index is 12.7. The molecule has 154 valence electrons. The predicted molar refractivity (Wildman–Crippen MR) is 117 cm³/mol. The smallest absolute Gasteiger partial charge is 0.246 e. The summed E-state index contributed by atoms with van der Waals surface area (Å²) >= 11 is 0. The SMILES string of the molecule is Cc1oc2c(C)cccc2c1CN(C)C(=O)/C=C/c1cnc2c(c1)CCCC(=O)N2. The van der Waals surface area contributed by atoms with Crippen molar-refractivity contribution in [3.63, 3.8) is 0 Å². The summed E-state index contributed by atoms with van der Waals surface area (Å²) in [4.78, 5) is 30.3. The molecule has 6 nitrogen and oxygen atoms in total. The molecule has 0 unspecified atom stereocenters. The number of fused-ring (bicyclic) bond motifs is 2. The van der Waals surface area contributed by atoms with Crippen molar-refractivity contribution in [2.45, 2.75) is 39.7 Å². The van der Waals surface area contributed by atoms with Crippen LogP contribution in [-0.2, 0) is 22.6 Å². The van der Waals surface area contributed by atoms with E-state index in [4.69, 9.17) is 4.42 Å². The summed E-state index contributed by atoms with van der Waals surface area (Å²) < 4.78 is 5.92. The molecule has 0 saturated heterocycles. The number of aromatic nitrogens is 1. The van der Waals surface area contributed by atoms with Crippen LogP contribution in [-0.4, -0.2) is 28.7 Å². The Kier molecular flexibility index (Phi) is 5.40. The zero-order valence-electron chi connectivity index (χ0n) is 17.5. The van der Waals surface area contributed by atoms with Crippen molar-refractivity contribution in [2.75, 3.05) is 12.4 Å². The predicted octanol–water partition coefficient (Wildman–Crippen LogP) is 4.39. The van der Waals surface area contributed by atoms with Crippen LogP contribution in [0.1, 0.15) is 40.9 Å². The van der Waals surface area contributed by atoms with E-state index in [-0.39, 0.29) is 11.8 Å². The number of rotatable bonds is 4. The molecule has 0 atom stereocenters. The van der Waals surface area contributed by atoms with Gasteiger partial charge in [0.25, 0.3) is 0 Å². The minimum atomic E-state index is -0.0975. The number of nitrogens with one attached hydrogen (secondary N) is 1. The lowest BCUT2D eigenvalue weighted by molar-refractivity contribution is -0.125. The van der Waals surface area contributed by atoms with E-state index in [1.54, 1.807) is 30.3 Å². The fraction of sp³-hybridized carbons (Fsp3) is 0.292. The molecule has 1 N–H and O–H groups in total. The van der Waals surface area contributed by atoms with Gasteiger partial charge in [0, 0.05) is 43.2 Å². The Balaban J connectivity index is 1.49. The van der Waals surface area contributed by atoms with E-state index in [9.17, 15) is 9.59 Å². The van der Waals surface area contributed by atoms with Crippen molar-refractivity contribution >= 4 is 34.7 Å². The molecular weight excluding hydrogens is 378 g/mol. The molecule has 30 heavy (non-hydrogen) atoms. The second kappa shape index (κ2) is 8.14. The van der Waals surface area contributed by atoms with Gasteiger partial charge in [0.15, 0.2) is 0 Å². The molecule has 4 rings (SSSR count). The summed E-state index contributed by atoms with van der Waals surface area (Å²) in [6, 6.07) is 8.04. The second-order valence-corrected chi connectivity index (χ2v) is 7.79. The van der Waals surface area contributed by atoms with Crippen molar-refractivity contribution in [3.8, 4) is 0 Å². The third-order valence-electron chi connectivity index (χ3n) is 5.50. The van der Waals surface area contributed by atoms with E-state index >= 15 is 0 Å². The average Bonchev–Trinajstić information content (AvgIpc) is 2.92. The van der Waals surface area contributed by atoms with Crippen LogP contribution in [0, 0.1) is 13.8 Å². The van der Waals surface area contributed by atoms with Crippen LogP contribution in [0.3, 0.4) is 0 Å². The van der Waals surface area contributed by atoms with Gasteiger partial charge in [0.05, 0.1) is 0 Å². The van der Waals surface area contributed by atoms with Crippen LogP contribution < -0.4 is 5.32 Å². The van der Waals surface area contributed by atoms with Crippen LogP contribution in [0.25, 0.3) is 17.0 Å². The highest BCUT2D eigenvalue weighted by atomic mass is 16.3. The van der Waals surface area contributed by atoms with E-state index in [0.29, 0.717) is 18.8 Å². The van der Waals surface area contributed by atoms with Gasteiger partial charge >= 0.3 is 0 Å². The summed E-state index contributed by atoms with van der Waals surface area (Å²) in [6.45, 7) is 4.43. The first kappa shape index (κ1) is 19.9. The molecule has 0 bridgehead atoms. The molecule has 0 aliphatic carbocycles. The number of benzene rings is 1. The van der Waals surface area contributed by atoms with Gasteiger partial charge in [0.2, 0.25) is 11.8 Å². The summed E-state index contributed by atoms with van der Waals surface area (Å²) in [6.07, 6.45) is 7.09. The monoisotopic (exact) mass is 403 g/mol. The van der Waals surface area contributed by atoms with Crippen LogP contribution in [0.4, 0.5) is 5.82 Å². The molecule has 1 aliphatic heterocycles. The van der Waals surface area contributed by atoms with Crippen molar-refractivity contribution in [1.82, 2.24) is 9.88 Å². The number of likely N-dealkylation sites (N-methyl/N-ethyl adjacent to an activating group) is 1. The first-order chi connectivity index (χ1) is 14.4. The molecule has 1 aliphatic rings. The molecule has 0 saturated carbocycles. The molecule has 0 spiro atoms. The zero-order valence-corrected chi connectivity index (χ0v) is 17.5. The van der Waals surface area contributed by atoms with Crippen molar-refractivity contribution in [2.24, 2.45) is 0 Å². The van der Waals surface area contributed by atoms with Gasteiger partial charge in [-0.3, -0.25) is 9.59 Å². The van der Waals surface area contributed by atoms with E-state index < -0.39 is 0 Å². The van der Waals surface area contributed by atoms with Crippen molar-refractivity contribution < 1.29 is 14.0 Å². The third-order valence-corrected chi connectivity index (χ3v) is 5.50. The fourth-order valence-electron chi connectivity index (χ4n) is 3.79. The van der Waals surface area contributed by atoms with Crippen LogP contribution in [0.15, 0.2) is 41.0 Å². The Morgan fingerprint density at radius 2 is 2.13 bits per heavy atom. The highest BCUT2D eigenvalue weighted by Crippen LogP contribution is 2.29. The lowest BCUT2D eigenvalue weighted by atomic mass is 10.1. The van der Waals surface area contributed by atoms with E-state index in [0.717, 1.165) is 51.8 Å². The number of aryl methyl sites for hydroxylation is 3. The second-order valence-electron chi connectivity index (χ2n) is 7.79. The highest BCUT2D eigenvalue weighted by molar-refractivity contribution is 5.93. The number of hydrogen-bond donors (Lipinski definition) is 1. The topological polar surface area (TPSA) is 75.4 Å². The number of anilines is 1. The number of carbonyl (C=O) groups excluding carboxylic acids is 2. The lowest BCUT2D eigenvalue weighted by Gasteiger charge is -2.15. The lowest BCUT2D eigenvalue weighted by Crippen LogP contribution is -2.24. The average molecular weight is 403 g/mol. The summed E-state index contributed by atoms with van der Waals surface area (Å²) in [5.41, 5.74) is 4.83. The van der Waals surface area contributed by atoms with Crippen LogP contribution in [0.5, 0.6) is 0 Å². The molecular formula is C24H25N3O3. The maximum absolute atomic E-state index is 12.7. The molecule has 3 aromatic rings. The first-order valence-corrected chi connectivity index (χ1v) is 10.1. The maximum Gasteiger partial charge on any atom is 0.246 e. The number of nitrogens with zero attached hydrogens (tertiary/aromatic N) is 2. The first-order valence-electron chi connectivity index (χ1n) is 10.1. The van der Waals surface area contributed by atoms with Gasteiger partial charge in [-0.25, -0.2) is 4.98 Å². The Hall–Kier alpha value is -3.41. The summed E-state index contributed by atoms with van der Waals surface area (Å²) in [5.74, 6) is 1.36. The molecule has 2 aromatic heterocycles. The normalized spacial score (nSPS) is 13.9. The minimum absolute atomic E-state index is 0.00129. The van der Waals surface area contributed by atoms with Crippen LogP contribution in [0.2, 0.25) is 0 Å². The van der Waals surface area contributed by atoms with Crippen LogP contribution >= 0.6 is 0 Å². The van der Waals surface area contributed by atoms with Gasteiger partial charge in [-0.05, 0) is 55.5 Å². The van der Waals surface area contributed by atoms with Crippen molar-refractivity contribution in [3.05, 3.63) is 64.6 Å². The quantitative estimate of drug-likeness (QED) is 0.656. The molecule has 1 aromatic carbocycles. The Labute approximate surface area is 175 Å². The number of para-hydroxylation sites is 1. The molecule has 0 fully saturated rings. The van der Waals surface area contributed by atoms with Gasteiger partial charge in [0.1, 0.15) is 17.2 Å². The van der Waals surface area contributed by atoms with Gasteiger partial charge in [-0.1, -0.05) is 18.2 Å². The van der Waals surface area contributed by atoms with Gasteiger partial charge in [-0.2, -0.15) is 0 Å². The minimum Gasteiger partial charge on any atom is -0.461 e. The van der Waals surface area contributed by atoms with E-state index in [1.807, 2.05) is 38.1 Å². The molecule has 3 heterocycles. The van der Waals surface area contributed by atoms with Gasteiger partial charge < -0.3 is 14.6 Å². The number of furan rings is 1. The zero-order chi connectivity index (χ0) is 21.3. The number of hydrogen-bond acceptors (Lipinski definition) is 4. The Morgan fingerprint density at radius 3 is 2.97 bits per heavy atom. The highest BCUT2D eigenvalue weighted by Gasteiger charge is 2.16. The third kappa shape index (κ3) is 3.99. The number of amides is 2. The number of carbonyl (C=O) groups is 2. The number of pyridine rings is 1. The molecule has 0 radical (unpaired) electrons. The molecule has 2 amide bonds. The van der Waals surface area contributed by atoms with E-state index in [2.05, 4.69) is 10.3 Å². The Bertz CT molecular complexity index is 1160. The van der Waals surface area contributed by atoms with Gasteiger partial charge in [-0.15, -0.1) is 0 Å². The fourth-order valence-corrected chi connectivity index (χ4v) is 3.79. The summed E-state index contributed by atoms with van der Waals surface area (Å²) in [5, 5.41) is 3.87. The Morgan fingerprint density at radius 1 is 1.30 bits per heavy atom.